The van der Waals surface area contributed by atoms with Crippen molar-refractivity contribution in [3.8, 4) is 0 Å². The van der Waals surface area contributed by atoms with Gasteiger partial charge in [-0.25, -0.2) is 18.1 Å². The number of carbonyl (C=O) groups excluding carboxylic acids is 4. The van der Waals surface area contributed by atoms with Crippen molar-refractivity contribution in [1.82, 2.24) is 4.90 Å². The van der Waals surface area contributed by atoms with Gasteiger partial charge in [-0.2, -0.15) is 0 Å². The van der Waals surface area contributed by atoms with E-state index < -0.39 is 45.4 Å². The van der Waals surface area contributed by atoms with E-state index in [-0.39, 0.29) is 21.3 Å². The van der Waals surface area contributed by atoms with E-state index in [9.17, 15) is 27.6 Å². The third-order valence-electron chi connectivity index (χ3n) is 5.06. The van der Waals surface area contributed by atoms with Crippen LogP contribution in [-0.4, -0.2) is 48.7 Å². The number of amides is 3. The number of rotatable bonds is 7. The van der Waals surface area contributed by atoms with Crippen LogP contribution >= 0.6 is 11.6 Å². The van der Waals surface area contributed by atoms with Gasteiger partial charge in [0.2, 0.25) is 0 Å². The average Bonchev–Trinajstić information content (AvgIpc) is 2.92. The number of cyclic esters (lactones) is 1. The molecule has 2 aromatic carbocycles. The Morgan fingerprint density at radius 2 is 1.74 bits per heavy atom. The van der Waals surface area contributed by atoms with Crippen LogP contribution in [0.5, 0.6) is 0 Å². The van der Waals surface area contributed by atoms with Gasteiger partial charge in [-0.15, -0.1) is 0 Å². The molecule has 2 aromatic rings. The van der Waals surface area contributed by atoms with Crippen LogP contribution in [-0.2, 0) is 29.1 Å². The third-order valence-corrected chi connectivity index (χ3v) is 6.75. The maximum Gasteiger partial charge on any atom is 0.418 e. The van der Waals surface area contributed by atoms with Gasteiger partial charge in [-0.1, -0.05) is 29.8 Å². The number of para-hydroxylation sites is 1. The summed E-state index contributed by atoms with van der Waals surface area (Å²) in [5.74, 6) is -2.61. The van der Waals surface area contributed by atoms with Gasteiger partial charge in [0.25, 0.3) is 21.8 Å². The molecule has 34 heavy (non-hydrogen) atoms. The number of nitrogens with zero attached hydrogens (tertiary/aromatic N) is 1. The lowest BCUT2D eigenvalue weighted by atomic mass is 10.1. The normalized spacial score (nSPS) is 16.1. The summed E-state index contributed by atoms with van der Waals surface area (Å²) in [6, 6.07) is 8.45. The molecule has 1 fully saturated rings. The number of carbonyl (C=O) groups is 4. The van der Waals surface area contributed by atoms with Crippen LogP contribution in [0.4, 0.5) is 16.2 Å². The molecule has 3 rings (SSSR count). The van der Waals surface area contributed by atoms with Gasteiger partial charge < -0.3 is 10.1 Å². The molecule has 1 unspecified atom stereocenters. The van der Waals surface area contributed by atoms with Crippen LogP contribution in [0.15, 0.2) is 47.4 Å². The maximum absolute atomic E-state index is 13.0. The van der Waals surface area contributed by atoms with E-state index in [1.165, 1.54) is 44.2 Å². The van der Waals surface area contributed by atoms with Crippen LogP contribution in [0.3, 0.4) is 0 Å². The van der Waals surface area contributed by atoms with Crippen molar-refractivity contribution in [1.29, 1.82) is 0 Å². The lowest BCUT2D eigenvalue weighted by Gasteiger charge is -2.22. The van der Waals surface area contributed by atoms with Crippen LogP contribution < -0.4 is 10.0 Å². The van der Waals surface area contributed by atoms with Gasteiger partial charge in [-0.05, 0) is 57.5 Å². The number of anilines is 2. The Bertz CT molecular complexity index is 1310. The molecule has 1 aliphatic heterocycles. The quantitative estimate of drug-likeness (QED) is 0.549. The minimum atomic E-state index is -4.09. The number of halogens is 1. The van der Waals surface area contributed by atoms with Crippen molar-refractivity contribution < 1.29 is 32.3 Å². The zero-order valence-electron chi connectivity index (χ0n) is 18.7. The van der Waals surface area contributed by atoms with Gasteiger partial charge in [-0.3, -0.25) is 19.1 Å². The van der Waals surface area contributed by atoms with Crippen LogP contribution in [0.2, 0.25) is 5.02 Å². The first-order valence-electron chi connectivity index (χ1n) is 10.0. The molecule has 0 radical (unpaired) electrons. The highest BCUT2D eigenvalue weighted by molar-refractivity contribution is 7.92. The number of aryl methyl sites for hydroxylation is 1. The van der Waals surface area contributed by atoms with Crippen molar-refractivity contribution in [3.05, 3.63) is 53.1 Å². The minimum Gasteiger partial charge on any atom is -0.433 e. The molecule has 12 heteroatoms. The molecule has 3 amide bonds. The lowest BCUT2D eigenvalue weighted by Crippen LogP contribution is -2.52. The van der Waals surface area contributed by atoms with Crippen molar-refractivity contribution in [2.75, 3.05) is 10.0 Å². The van der Waals surface area contributed by atoms with E-state index in [2.05, 4.69) is 10.0 Å². The summed E-state index contributed by atoms with van der Waals surface area (Å²) in [4.78, 5) is 50.2. The molecular weight excluding hydrogens is 486 g/mol. The van der Waals surface area contributed by atoms with Crippen LogP contribution in [0, 0.1) is 6.92 Å². The molecule has 0 aromatic heterocycles. The number of ketones is 1. The third kappa shape index (κ3) is 4.90. The fourth-order valence-electron chi connectivity index (χ4n) is 3.24. The molecular formula is C22H22ClN3O7S. The van der Waals surface area contributed by atoms with E-state index in [0.717, 1.165) is 6.92 Å². The van der Waals surface area contributed by atoms with Gasteiger partial charge in [0.05, 0.1) is 15.6 Å². The van der Waals surface area contributed by atoms with Crippen molar-refractivity contribution in [2.45, 2.75) is 44.2 Å². The maximum atomic E-state index is 13.0. The summed E-state index contributed by atoms with van der Waals surface area (Å²) in [7, 11) is -4.09. The Morgan fingerprint density at radius 3 is 2.29 bits per heavy atom. The van der Waals surface area contributed by atoms with Crippen LogP contribution in [0.25, 0.3) is 0 Å². The first-order valence-corrected chi connectivity index (χ1v) is 11.9. The second-order valence-electron chi connectivity index (χ2n) is 8.12. The number of ether oxygens (including phenoxy) is 1. The molecule has 0 bridgehead atoms. The summed E-state index contributed by atoms with van der Waals surface area (Å²) in [5.41, 5.74) is -0.819. The van der Waals surface area contributed by atoms with E-state index >= 15 is 0 Å². The standard InChI is InChI=1S/C22H22ClN3O7S/c1-12-9-10-14(34(31,32)25-16-8-6-5-7-15(16)23)11-17(12)24-19(28)18(13(2)27)26-20(29)22(3,4)33-21(26)30/h5-11,18,25H,1-4H3,(H,24,28). The Kier molecular flexibility index (Phi) is 6.72. The highest BCUT2D eigenvalue weighted by Crippen LogP contribution is 2.28. The van der Waals surface area contributed by atoms with E-state index in [1.807, 2.05) is 0 Å². The molecule has 1 atom stereocenters. The molecule has 0 aliphatic carbocycles. The molecule has 2 N–H and O–H groups in total. The minimum absolute atomic E-state index is 0.0672. The second-order valence-corrected chi connectivity index (χ2v) is 10.2. The van der Waals surface area contributed by atoms with Crippen LogP contribution in [0.1, 0.15) is 26.3 Å². The largest absolute Gasteiger partial charge is 0.433 e. The molecule has 1 saturated heterocycles. The number of nitrogens with one attached hydrogen (secondary N) is 2. The number of Topliss-reactive ketones (excluding diaryl/α,β-unsaturated/α-hetero) is 1. The fraction of sp³-hybridized carbons (Fsp3) is 0.273. The first kappa shape index (κ1) is 25.2. The number of imide groups is 1. The Hall–Kier alpha value is -3.44. The monoisotopic (exact) mass is 507 g/mol. The smallest absolute Gasteiger partial charge is 0.418 e. The van der Waals surface area contributed by atoms with E-state index in [1.54, 1.807) is 19.1 Å². The molecule has 0 spiro atoms. The number of sulfonamides is 1. The summed E-state index contributed by atoms with van der Waals surface area (Å²) in [5, 5.41) is 2.64. The molecule has 0 saturated carbocycles. The van der Waals surface area contributed by atoms with Gasteiger partial charge in [0.1, 0.15) is 0 Å². The first-order chi connectivity index (χ1) is 15.7. The molecule has 1 aliphatic rings. The Balaban J connectivity index is 1.90. The van der Waals surface area contributed by atoms with E-state index in [0.29, 0.717) is 10.5 Å². The average molecular weight is 508 g/mol. The molecule has 180 valence electrons. The molecule has 1 heterocycles. The fourth-order valence-corrected chi connectivity index (χ4v) is 4.59. The van der Waals surface area contributed by atoms with Crippen molar-refractivity contribution in [3.63, 3.8) is 0 Å². The molecule has 10 nitrogen and oxygen atoms in total. The summed E-state index contributed by atoms with van der Waals surface area (Å²) in [6.07, 6.45) is -1.12. The Labute approximate surface area is 201 Å². The summed E-state index contributed by atoms with van der Waals surface area (Å²) < 4.78 is 33.1. The summed E-state index contributed by atoms with van der Waals surface area (Å²) >= 11 is 6.03. The number of benzene rings is 2. The zero-order valence-corrected chi connectivity index (χ0v) is 20.3. The lowest BCUT2D eigenvalue weighted by molar-refractivity contribution is -0.142. The SMILES string of the molecule is CC(=O)C(C(=O)Nc1cc(S(=O)(=O)Nc2ccccc2Cl)ccc1C)N1C(=O)OC(C)(C)C1=O. The highest BCUT2D eigenvalue weighted by atomic mass is 35.5. The van der Waals surface area contributed by atoms with Gasteiger partial charge in [0.15, 0.2) is 17.4 Å². The zero-order chi connectivity index (χ0) is 25.4. The Morgan fingerprint density at radius 1 is 1.09 bits per heavy atom. The topological polar surface area (TPSA) is 139 Å². The predicted octanol–water partition coefficient (Wildman–Crippen LogP) is 3.10. The predicted molar refractivity (Wildman–Crippen MR) is 124 cm³/mol. The number of hydrogen-bond donors (Lipinski definition) is 2. The van der Waals surface area contributed by atoms with E-state index in [4.69, 9.17) is 16.3 Å². The van der Waals surface area contributed by atoms with Crippen molar-refractivity contribution in [2.24, 2.45) is 0 Å². The van der Waals surface area contributed by atoms with Gasteiger partial charge in [0, 0.05) is 5.69 Å². The number of hydrogen-bond acceptors (Lipinski definition) is 7. The van der Waals surface area contributed by atoms with Crippen molar-refractivity contribution >= 4 is 56.7 Å². The summed E-state index contributed by atoms with van der Waals surface area (Å²) in [6.45, 7) is 5.34. The van der Waals surface area contributed by atoms with Gasteiger partial charge >= 0.3 is 6.09 Å². The second kappa shape index (κ2) is 9.07. The highest BCUT2D eigenvalue weighted by Gasteiger charge is 2.53.